The van der Waals surface area contributed by atoms with Gasteiger partial charge >= 0.3 is 5.97 Å². The Morgan fingerprint density at radius 1 is 1.11 bits per heavy atom. The van der Waals surface area contributed by atoms with E-state index in [9.17, 15) is 9.59 Å². The van der Waals surface area contributed by atoms with Crippen molar-refractivity contribution >= 4 is 11.9 Å². The highest BCUT2D eigenvalue weighted by Crippen LogP contribution is 2.10. The molecule has 1 aliphatic heterocycles. The van der Waals surface area contributed by atoms with Crippen molar-refractivity contribution in [1.29, 1.82) is 0 Å². The van der Waals surface area contributed by atoms with Gasteiger partial charge in [-0.15, -0.1) is 0 Å². The molecule has 0 unspecified atom stereocenters. The molecule has 0 bridgehead atoms. The van der Waals surface area contributed by atoms with Crippen molar-refractivity contribution in [2.24, 2.45) is 0 Å². The van der Waals surface area contributed by atoms with Crippen molar-refractivity contribution in [2.45, 2.75) is 6.42 Å². The third-order valence-electron chi connectivity index (χ3n) is 3.35. The van der Waals surface area contributed by atoms with Crippen molar-refractivity contribution < 1.29 is 14.7 Å². The van der Waals surface area contributed by atoms with Crippen LogP contribution in [0.5, 0.6) is 0 Å². The van der Waals surface area contributed by atoms with Crippen LogP contribution in [0.15, 0.2) is 24.3 Å². The van der Waals surface area contributed by atoms with Crippen molar-refractivity contribution in [1.82, 2.24) is 9.80 Å². The number of carboxylic acid groups (broad SMARTS) is 1. The number of aliphatic carboxylic acids is 1. The minimum atomic E-state index is -0.863. The predicted octanol–water partition coefficient (Wildman–Crippen LogP) is 0.701. The van der Waals surface area contributed by atoms with Gasteiger partial charge in [0.25, 0.3) is 5.91 Å². The van der Waals surface area contributed by atoms with Crippen LogP contribution in [0.25, 0.3) is 0 Å². The van der Waals surface area contributed by atoms with E-state index in [2.05, 4.69) is 4.90 Å². The van der Waals surface area contributed by atoms with E-state index < -0.39 is 5.97 Å². The van der Waals surface area contributed by atoms with Gasteiger partial charge in [-0.1, -0.05) is 12.1 Å². The van der Waals surface area contributed by atoms with Gasteiger partial charge in [-0.3, -0.25) is 9.59 Å². The number of piperazine rings is 1. The molecule has 0 spiro atoms. The normalized spacial score (nSPS) is 16.4. The number of carbonyl (C=O) groups is 2. The molecule has 1 amide bonds. The second-order valence-corrected chi connectivity index (χ2v) is 4.86. The molecule has 2 rings (SSSR count). The molecule has 0 aromatic heterocycles. The van der Waals surface area contributed by atoms with E-state index in [1.807, 2.05) is 11.9 Å². The minimum Gasteiger partial charge on any atom is -0.481 e. The number of amides is 1. The Morgan fingerprint density at radius 3 is 2.21 bits per heavy atom. The van der Waals surface area contributed by atoms with Crippen molar-refractivity contribution in [2.75, 3.05) is 33.2 Å². The van der Waals surface area contributed by atoms with Gasteiger partial charge in [-0.2, -0.15) is 0 Å². The van der Waals surface area contributed by atoms with Crippen LogP contribution in [0.3, 0.4) is 0 Å². The first-order chi connectivity index (χ1) is 9.06. The summed E-state index contributed by atoms with van der Waals surface area (Å²) in [5.74, 6) is -0.840. The van der Waals surface area contributed by atoms with Crippen molar-refractivity contribution in [3.63, 3.8) is 0 Å². The maximum absolute atomic E-state index is 12.2. The Hall–Kier alpha value is -1.88. The maximum atomic E-state index is 12.2. The fraction of sp³-hybridized carbons (Fsp3) is 0.429. The van der Waals surface area contributed by atoms with Crippen LogP contribution >= 0.6 is 0 Å². The maximum Gasteiger partial charge on any atom is 0.307 e. The molecule has 5 heteroatoms. The average molecular weight is 262 g/mol. The number of benzene rings is 1. The standard InChI is InChI=1S/C14H18N2O3/c1-15-6-8-16(9-7-15)14(19)12-4-2-11(3-5-12)10-13(17)18/h2-5H,6-10H2,1H3,(H,17,18). The van der Waals surface area contributed by atoms with Crippen molar-refractivity contribution in [3.8, 4) is 0 Å². The fourth-order valence-electron chi connectivity index (χ4n) is 2.13. The van der Waals surface area contributed by atoms with Gasteiger partial charge in [-0.05, 0) is 24.7 Å². The van der Waals surface area contributed by atoms with Crippen LogP contribution in [0, 0.1) is 0 Å². The topological polar surface area (TPSA) is 60.9 Å². The Bertz CT molecular complexity index is 462. The third-order valence-corrected chi connectivity index (χ3v) is 3.35. The highest BCUT2D eigenvalue weighted by Gasteiger charge is 2.20. The monoisotopic (exact) mass is 262 g/mol. The lowest BCUT2D eigenvalue weighted by atomic mass is 10.1. The summed E-state index contributed by atoms with van der Waals surface area (Å²) in [6, 6.07) is 6.83. The van der Waals surface area contributed by atoms with Gasteiger partial charge in [0, 0.05) is 31.7 Å². The summed E-state index contributed by atoms with van der Waals surface area (Å²) >= 11 is 0. The lowest BCUT2D eigenvalue weighted by Crippen LogP contribution is -2.47. The predicted molar refractivity (Wildman–Crippen MR) is 71.2 cm³/mol. The zero-order valence-electron chi connectivity index (χ0n) is 11.0. The van der Waals surface area contributed by atoms with E-state index in [1.165, 1.54) is 0 Å². The highest BCUT2D eigenvalue weighted by atomic mass is 16.4. The molecule has 0 aliphatic carbocycles. The summed E-state index contributed by atoms with van der Waals surface area (Å²) in [5, 5.41) is 8.69. The molecule has 1 fully saturated rings. The van der Waals surface area contributed by atoms with E-state index in [-0.39, 0.29) is 12.3 Å². The Morgan fingerprint density at radius 2 is 1.68 bits per heavy atom. The molecule has 19 heavy (non-hydrogen) atoms. The van der Waals surface area contributed by atoms with Crippen molar-refractivity contribution in [3.05, 3.63) is 35.4 Å². The average Bonchev–Trinajstić information content (AvgIpc) is 2.39. The van der Waals surface area contributed by atoms with Gasteiger partial charge < -0.3 is 14.9 Å². The summed E-state index contributed by atoms with van der Waals surface area (Å²) in [6.45, 7) is 3.27. The fourth-order valence-corrected chi connectivity index (χ4v) is 2.13. The molecular formula is C14H18N2O3. The zero-order chi connectivity index (χ0) is 13.8. The van der Waals surface area contributed by atoms with Crippen LogP contribution in [0.1, 0.15) is 15.9 Å². The second-order valence-electron chi connectivity index (χ2n) is 4.86. The first-order valence-electron chi connectivity index (χ1n) is 6.35. The summed E-state index contributed by atoms with van der Waals surface area (Å²) < 4.78 is 0. The number of carbonyl (C=O) groups excluding carboxylic acids is 1. The van der Waals surface area contributed by atoms with E-state index in [1.54, 1.807) is 24.3 Å². The molecule has 1 heterocycles. The number of carboxylic acids is 1. The number of hydrogen-bond donors (Lipinski definition) is 1. The summed E-state index contributed by atoms with van der Waals surface area (Å²) in [5.41, 5.74) is 1.33. The lowest BCUT2D eigenvalue weighted by Gasteiger charge is -2.32. The summed E-state index contributed by atoms with van der Waals surface area (Å²) in [4.78, 5) is 26.9. The van der Waals surface area contributed by atoms with Gasteiger partial charge in [0.1, 0.15) is 0 Å². The molecule has 0 atom stereocenters. The highest BCUT2D eigenvalue weighted by molar-refractivity contribution is 5.94. The molecular weight excluding hydrogens is 244 g/mol. The Kier molecular flexibility index (Phi) is 4.16. The molecule has 1 N–H and O–H groups in total. The molecule has 0 saturated carbocycles. The molecule has 102 valence electrons. The van der Waals surface area contributed by atoms with E-state index >= 15 is 0 Å². The lowest BCUT2D eigenvalue weighted by molar-refractivity contribution is -0.136. The number of hydrogen-bond acceptors (Lipinski definition) is 3. The van der Waals surface area contributed by atoms with Gasteiger partial charge in [0.2, 0.25) is 0 Å². The van der Waals surface area contributed by atoms with Crippen LogP contribution < -0.4 is 0 Å². The smallest absolute Gasteiger partial charge is 0.307 e. The first kappa shape index (κ1) is 13.5. The molecule has 1 aliphatic rings. The number of rotatable bonds is 3. The second kappa shape index (κ2) is 5.84. The third kappa shape index (κ3) is 3.54. The SMILES string of the molecule is CN1CCN(C(=O)c2ccc(CC(=O)O)cc2)CC1. The minimum absolute atomic E-state index is 0.0109. The Labute approximate surface area is 112 Å². The van der Waals surface area contributed by atoms with E-state index in [0.29, 0.717) is 11.1 Å². The van der Waals surface area contributed by atoms with Crippen LogP contribution in [-0.2, 0) is 11.2 Å². The van der Waals surface area contributed by atoms with E-state index in [4.69, 9.17) is 5.11 Å². The molecule has 0 radical (unpaired) electrons. The quantitative estimate of drug-likeness (QED) is 0.871. The zero-order valence-corrected chi connectivity index (χ0v) is 11.0. The van der Waals surface area contributed by atoms with Crippen LogP contribution in [-0.4, -0.2) is 60.0 Å². The Balaban J connectivity index is 2.01. The van der Waals surface area contributed by atoms with Gasteiger partial charge in [-0.25, -0.2) is 0 Å². The van der Waals surface area contributed by atoms with Gasteiger partial charge in [0.05, 0.1) is 6.42 Å². The van der Waals surface area contributed by atoms with Crippen LogP contribution in [0.4, 0.5) is 0 Å². The van der Waals surface area contributed by atoms with Gasteiger partial charge in [0.15, 0.2) is 0 Å². The largest absolute Gasteiger partial charge is 0.481 e. The number of likely N-dealkylation sites (N-methyl/N-ethyl adjacent to an activating group) is 1. The number of nitrogens with zero attached hydrogens (tertiary/aromatic N) is 2. The molecule has 1 saturated heterocycles. The summed E-state index contributed by atoms with van der Waals surface area (Å²) in [6.07, 6.45) is -0.0109. The first-order valence-corrected chi connectivity index (χ1v) is 6.35. The molecule has 1 aromatic rings. The van der Waals surface area contributed by atoms with Crippen LogP contribution in [0.2, 0.25) is 0 Å². The molecule has 1 aromatic carbocycles. The van der Waals surface area contributed by atoms with E-state index in [0.717, 1.165) is 26.2 Å². The molecule has 5 nitrogen and oxygen atoms in total. The summed E-state index contributed by atoms with van der Waals surface area (Å²) in [7, 11) is 2.04.